The van der Waals surface area contributed by atoms with Gasteiger partial charge in [0.2, 0.25) is 5.78 Å². The number of fused-ring (bicyclic) bond motifs is 1. The van der Waals surface area contributed by atoms with Crippen molar-refractivity contribution in [3.8, 4) is 0 Å². The number of anilines is 1. The van der Waals surface area contributed by atoms with E-state index in [0.29, 0.717) is 11.1 Å². The summed E-state index contributed by atoms with van der Waals surface area (Å²) in [6.45, 7) is 0. The Labute approximate surface area is 121 Å². The maximum atomic E-state index is 12.3. The van der Waals surface area contributed by atoms with E-state index >= 15 is 0 Å². The van der Waals surface area contributed by atoms with Gasteiger partial charge in [-0.2, -0.15) is 0 Å². The van der Waals surface area contributed by atoms with Crippen molar-refractivity contribution in [1.29, 1.82) is 0 Å². The number of nitrogens with one attached hydrogen (secondary N) is 1. The molecule has 2 aromatic rings. The molecule has 0 fully saturated rings. The number of ketones is 1. The minimum absolute atomic E-state index is 0.0565. The number of aliphatic hydroxyl groups excluding tert-OH is 1. The van der Waals surface area contributed by atoms with Crippen LogP contribution in [0.4, 0.5) is 5.69 Å². The third-order valence-electron chi connectivity index (χ3n) is 3.15. The summed E-state index contributed by atoms with van der Waals surface area (Å²) >= 11 is 5.25. The zero-order valence-corrected chi connectivity index (χ0v) is 11.3. The number of aliphatic hydroxyl groups is 1. The van der Waals surface area contributed by atoms with Gasteiger partial charge in [0.1, 0.15) is 10.7 Å². The number of hydrogen-bond donors (Lipinski definition) is 2. The molecule has 4 heteroatoms. The highest BCUT2D eigenvalue weighted by Crippen LogP contribution is 2.31. The van der Waals surface area contributed by atoms with Crippen molar-refractivity contribution in [2.75, 3.05) is 5.32 Å². The number of thiocarbonyl (C=S) groups is 1. The predicted octanol–water partition coefficient (Wildman–Crippen LogP) is 3.59. The van der Waals surface area contributed by atoms with Crippen LogP contribution in [0.25, 0.3) is 5.76 Å². The summed E-state index contributed by atoms with van der Waals surface area (Å²) in [5.74, 6) is -0.300. The second-order valence-corrected chi connectivity index (χ2v) is 4.83. The molecule has 0 amide bonds. The molecule has 0 unspecified atom stereocenters. The van der Waals surface area contributed by atoms with E-state index in [-0.39, 0.29) is 22.1 Å². The van der Waals surface area contributed by atoms with Crippen molar-refractivity contribution < 1.29 is 9.90 Å². The van der Waals surface area contributed by atoms with E-state index in [0.717, 1.165) is 5.69 Å². The largest absolute Gasteiger partial charge is 0.506 e. The van der Waals surface area contributed by atoms with Crippen LogP contribution in [0.1, 0.15) is 15.9 Å². The minimum Gasteiger partial charge on any atom is -0.506 e. The lowest BCUT2D eigenvalue weighted by atomic mass is 10.1. The quantitative estimate of drug-likeness (QED) is 0.826. The molecule has 0 radical (unpaired) electrons. The van der Waals surface area contributed by atoms with Crippen molar-refractivity contribution in [1.82, 2.24) is 0 Å². The van der Waals surface area contributed by atoms with Crippen molar-refractivity contribution >= 4 is 34.4 Å². The Hall–Kier alpha value is -2.46. The van der Waals surface area contributed by atoms with Crippen molar-refractivity contribution in [2.24, 2.45) is 0 Å². The van der Waals surface area contributed by atoms with E-state index < -0.39 is 0 Å². The van der Waals surface area contributed by atoms with Gasteiger partial charge in [-0.25, -0.2) is 0 Å². The number of benzene rings is 2. The van der Waals surface area contributed by atoms with Crippen LogP contribution >= 0.6 is 12.2 Å². The summed E-state index contributed by atoms with van der Waals surface area (Å²) in [6.07, 6.45) is 0. The Balaban J connectivity index is 1.94. The normalized spacial score (nSPS) is 13.3. The average Bonchev–Trinajstić information content (AvgIpc) is 2.72. The maximum absolute atomic E-state index is 12.3. The van der Waals surface area contributed by atoms with Gasteiger partial charge in [0.15, 0.2) is 0 Å². The van der Waals surface area contributed by atoms with Crippen LogP contribution in [-0.4, -0.2) is 15.9 Å². The number of rotatable bonds is 2. The third-order valence-corrected chi connectivity index (χ3v) is 3.46. The number of carbonyl (C=O) groups is 1. The van der Waals surface area contributed by atoms with E-state index in [9.17, 15) is 9.90 Å². The fourth-order valence-corrected chi connectivity index (χ4v) is 2.50. The standard InChI is InChI=1S/C16H11NO2S/c18-14-11-8-4-5-9-12(11)15(19)13(14)16(20)17-10-6-2-1-3-7-10/h1-9,18H,(H,17,20). The fraction of sp³-hybridized carbons (Fsp3) is 0. The van der Waals surface area contributed by atoms with Gasteiger partial charge >= 0.3 is 0 Å². The number of carbonyl (C=O) groups excluding carboxylic acids is 1. The first-order chi connectivity index (χ1) is 9.68. The molecule has 3 rings (SSSR count). The van der Waals surface area contributed by atoms with E-state index in [4.69, 9.17) is 12.2 Å². The first kappa shape index (κ1) is 12.6. The molecule has 0 heterocycles. The molecule has 20 heavy (non-hydrogen) atoms. The van der Waals surface area contributed by atoms with Gasteiger partial charge in [0.25, 0.3) is 0 Å². The van der Waals surface area contributed by atoms with E-state index in [1.807, 2.05) is 30.3 Å². The molecule has 0 bridgehead atoms. The molecule has 0 saturated heterocycles. The van der Waals surface area contributed by atoms with Crippen LogP contribution in [0.3, 0.4) is 0 Å². The van der Waals surface area contributed by atoms with Crippen LogP contribution in [0.15, 0.2) is 60.2 Å². The van der Waals surface area contributed by atoms with Crippen molar-refractivity contribution in [3.05, 3.63) is 71.3 Å². The van der Waals surface area contributed by atoms with Gasteiger partial charge in [-0.05, 0) is 12.1 Å². The maximum Gasteiger partial charge on any atom is 0.200 e. The molecule has 0 atom stereocenters. The summed E-state index contributed by atoms with van der Waals surface area (Å²) in [6, 6.07) is 16.2. The topological polar surface area (TPSA) is 49.3 Å². The van der Waals surface area contributed by atoms with Gasteiger partial charge in [0.05, 0.1) is 5.57 Å². The Bertz CT molecular complexity index is 735. The first-order valence-corrected chi connectivity index (χ1v) is 6.53. The lowest BCUT2D eigenvalue weighted by molar-refractivity contribution is 0.104. The highest BCUT2D eigenvalue weighted by Gasteiger charge is 2.31. The zero-order valence-electron chi connectivity index (χ0n) is 10.5. The van der Waals surface area contributed by atoms with Crippen LogP contribution < -0.4 is 5.32 Å². The van der Waals surface area contributed by atoms with E-state index in [1.165, 1.54) is 0 Å². The molecule has 2 aromatic carbocycles. The smallest absolute Gasteiger partial charge is 0.200 e. The molecule has 3 nitrogen and oxygen atoms in total. The van der Waals surface area contributed by atoms with Crippen molar-refractivity contribution in [3.63, 3.8) is 0 Å². The number of Topliss-reactive ketones (excluding diaryl/α,β-unsaturated/α-hetero) is 1. The molecule has 0 spiro atoms. The molecular weight excluding hydrogens is 270 g/mol. The molecule has 2 N–H and O–H groups in total. The highest BCUT2D eigenvalue weighted by atomic mass is 32.1. The summed E-state index contributed by atoms with van der Waals surface area (Å²) < 4.78 is 0. The molecule has 98 valence electrons. The van der Waals surface area contributed by atoms with Gasteiger partial charge in [-0.3, -0.25) is 4.79 Å². The Kier molecular flexibility index (Phi) is 3.08. The minimum atomic E-state index is -0.244. The monoisotopic (exact) mass is 281 g/mol. The lowest BCUT2D eigenvalue weighted by Gasteiger charge is -2.08. The summed E-state index contributed by atoms with van der Waals surface area (Å²) in [5, 5.41) is 13.2. The lowest BCUT2D eigenvalue weighted by Crippen LogP contribution is -2.17. The second-order valence-electron chi connectivity index (χ2n) is 4.42. The Morgan fingerprint density at radius 3 is 2.20 bits per heavy atom. The molecule has 0 aliphatic heterocycles. The fourth-order valence-electron chi connectivity index (χ4n) is 2.19. The summed E-state index contributed by atoms with van der Waals surface area (Å²) in [7, 11) is 0. The Morgan fingerprint density at radius 2 is 1.55 bits per heavy atom. The van der Waals surface area contributed by atoms with Gasteiger partial charge in [-0.1, -0.05) is 54.7 Å². The van der Waals surface area contributed by atoms with Crippen LogP contribution in [0.5, 0.6) is 0 Å². The van der Waals surface area contributed by atoms with E-state index in [2.05, 4.69) is 5.32 Å². The van der Waals surface area contributed by atoms with Gasteiger partial charge < -0.3 is 10.4 Å². The van der Waals surface area contributed by atoms with Crippen LogP contribution in [-0.2, 0) is 0 Å². The predicted molar refractivity (Wildman–Crippen MR) is 83.0 cm³/mol. The first-order valence-electron chi connectivity index (χ1n) is 6.12. The van der Waals surface area contributed by atoms with Gasteiger partial charge in [-0.15, -0.1) is 0 Å². The van der Waals surface area contributed by atoms with E-state index in [1.54, 1.807) is 24.3 Å². The molecule has 0 saturated carbocycles. The zero-order chi connectivity index (χ0) is 14.1. The molecular formula is C16H11NO2S. The average molecular weight is 281 g/mol. The summed E-state index contributed by atoms with van der Waals surface area (Å²) in [4.78, 5) is 12.5. The molecule has 0 aromatic heterocycles. The van der Waals surface area contributed by atoms with Crippen LogP contribution in [0.2, 0.25) is 0 Å². The molecule has 1 aliphatic carbocycles. The van der Waals surface area contributed by atoms with Gasteiger partial charge in [0, 0.05) is 16.8 Å². The summed E-state index contributed by atoms with van der Waals surface area (Å²) in [5.41, 5.74) is 1.95. The number of para-hydroxylation sites is 1. The SMILES string of the molecule is O=C1C(C(=S)Nc2ccccc2)=C(O)c2ccccc21. The van der Waals surface area contributed by atoms with Crippen molar-refractivity contribution in [2.45, 2.75) is 0 Å². The third kappa shape index (κ3) is 2.00. The number of hydrogen-bond acceptors (Lipinski definition) is 3. The molecule has 1 aliphatic rings. The second kappa shape index (κ2) is 4.90. The van der Waals surface area contributed by atoms with Crippen LogP contribution in [0, 0.1) is 0 Å². The Morgan fingerprint density at radius 1 is 0.950 bits per heavy atom. The highest BCUT2D eigenvalue weighted by molar-refractivity contribution is 7.81.